The van der Waals surface area contributed by atoms with Gasteiger partial charge in [-0.3, -0.25) is 0 Å². The topological polar surface area (TPSA) is 39.1 Å². The highest BCUT2D eigenvalue weighted by Gasteiger charge is 2.09. The summed E-state index contributed by atoms with van der Waals surface area (Å²) in [6, 6.07) is 6.58. The van der Waals surface area contributed by atoms with Gasteiger partial charge in [-0.25, -0.2) is 9.37 Å². The number of nitrogens with zero attached hydrogens (tertiary/aromatic N) is 2. The fourth-order valence-electron chi connectivity index (χ4n) is 2.04. The Balaban J connectivity index is 1.98. The van der Waals surface area contributed by atoms with Gasteiger partial charge < -0.3 is 14.6 Å². The number of hydrogen-bond donors (Lipinski definition) is 1. The molecule has 0 saturated carbocycles. The van der Waals surface area contributed by atoms with Crippen LogP contribution >= 0.6 is 0 Å². The van der Waals surface area contributed by atoms with Crippen LogP contribution in [0, 0.1) is 5.82 Å². The van der Waals surface area contributed by atoms with E-state index in [1.54, 1.807) is 25.4 Å². The lowest BCUT2D eigenvalue weighted by Gasteiger charge is -2.16. The van der Waals surface area contributed by atoms with Crippen LogP contribution < -0.4 is 5.32 Å². The van der Waals surface area contributed by atoms with Crippen molar-refractivity contribution >= 4 is 5.95 Å². The molecule has 108 valence electrons. The van der Waals surface area contributed by atoms with Crippen LogP contribution in [0.25, 0.3) is 0 Å². The van der Waals surface area contributed by atoms with Gasteiger partial charge in [0.1, 0.15) is 5.82 Å². The average molecular weight is 277 g/mol. The van der Waals surface area contributed by atoms with Gasteiger partial charge in [-0.05, 0) is 31.0 Å². The van der Waals surface area contributed by atoms with Crippen molar-refractivity contribution in [1.82, 2.24) is 9.55 Å². The highest BCUT2D eigenvalue weighted by atomic mass is 19.1. The van der Waals surface area contributed by atoms with E-state index in [0.717, 1.165) is 31.1 Å². The summed E-state index contributed by atoms with van der Waals surface area (Å²) in [6.45, 7) is 3.61. The summed E-state index contributed by atoms with van der Waals surface area (Å²) < 4.78 is 20.0. The highest BCUT2D eigenvalue weighted by molar-refractivity contribution is 5.32. The molecule has 0 spiro atoms. The maximum absolute atomic E-state index is 12.9. The maximum Gasteiger partial charge on any atom is 0.203 e. The fourth-order valence-corrected chi connectivity index (χ4v) is 2.04. The minimum absolute atomic E-state index is 0.0687. The van der Waals surface area contributed by atoms with Gasteiger partial charge in [-0.1, -0.05) is 12.1 Å². The van der Waals surface area contributed by atoms with Gasteiger partial charge in [0, 0.05) is 32.7 Å². The van der Waals surface area contributed by atoms with Gasteiger partial charge in [0.25, 0.3) is 0 Å². The highest BCUT2D eigenvalue weighted by Crippen LogP contribution is 2.18. The Hall–Kier alpha value is -1.88. The molecule has 4 nitrogen and oxygen atoms in total. The van der Waals surface area contributed by atoms with E-state index < -0.39 is 0 Å². The number of aryl methyl sites for hydroxylation is 1. The standard InChI is InChI=1S/C15H20FN3O/c1-12(13-4-6-14(16)7-5-13)18-15-17-8-10-19(15)9-3-11-20-2/h4-8,10,12H,3,9,11H2,1-2H3,(H,17,18). The van der Waals surface area contributed by atoms with Gasteiger partial charge >= 0.3 is 0 Å². The third-order valence-corrected chi connectivity index (χ3v) is 3.18. The molecule has 2 aromatic rings. The summed E-state index contributed by atoms with van der Waals surface area (Å²) in [5.41, 5.74) is 1.03. The average Bonchev–Trinajstić information content (AvgIpc) is 2.87. The number of halogens is 1. The monoisotopic (exact) mass is 277 g/mol. The second kappa shape index (κ2) is 7.05. The molecule has 1 atom stereocenters. The predicted octanol–water partition coefficient (Wildman–Crippen LogP) is 3.23. The van der Waals surface area contributed by atoms with Gasteiger partial charge in [0.05, 0.1) is 6.04 Å². The summed E-state index contributed by atoms with van der Waals surface area (Å²) in [5.74, 6) is 0.597. The molecular formula is C15H20FN3O. The minimum Gasteiger partial charge on any atom is -0.385 e. The largest absolute Gasteiger partial charge is 0.385 e. The molecule has 0 amide bonds. The number of benzene rings is 1. The van der Waals surface area contributed by atoms with Crippen LogP contribution in [0.4, 0.5) is 10.3 Å². The summed E-state index contributed by atoms with van der Waals surface area (Å²) in [4.78, 5) is 4.31. The summed E-state index contributed by atoms with van der Waals surface area (Å²) in [5, 5.41) is 3.34. The Morgan fingerprint density at radius 2 is 2.10 bits per heavy atom. The number of anilines is 1. The van der Waals surface area contributed by atoms with E-state index in [4.69, 9.17) is 4.74 Å². The second-order valence-electron chi connectivity index (χ2n) is 4.71. The van der Waals surface area contributed by atoms with Crippen LogP contribution in [0.5, 0.6) is 0 Å². The molecule has 0 radical (unpaired) electrons. The lowest BCUT2D eigenvalue weighted by atomic mass is 10.1. The van der Waals surface area contributed by atoms with Crippen molar-refractivity contribution in [2.75, 3.05) is 19.0 Å². The van der Waals surface area contributed by atoms with Gasteiger partial charge in [0.15, 0.2) is 0 Å². The van der Waals surface area contributed by atoms with Crippen LogP contribution in [0.3, 0.4) is 0 Å². The molecule has 0 bridgehead atoms. The molecule has 1 N–H and O–H groups in total. The molecule has 1 aromatic carbocycles. The van der Waals surface area contributed by atoms with Crippen LogP contribution in [-0.2, 0) is 11.3 Å². The molecule has 0 aliphatic heterocycles. The number of hydrogen-bond acceptors (Lipinski definition) is 3. The smallest absolute Gasteiger partial charge is 0.203 e. The summed E-state index contributed by atoms with van der Waals surface area (Å²) >= 11 is 0. The number of nitrogens with one attached hydrogen (secondary N) is 1. The van der Waals surface area contributed by atoms with Crippen molar-refractivity contribution in [3.05, 3.63) is 48.0 Å². The van der Waals surface area contributed by atoms with Crippen LogP contribution in [0.15, 0.2) is 36.7 Å². The van der Waals surface area contributed by atoms with Crippen molar-refractivity contribution in [3.63, 3.8) is 0 Å². The lowest BCUT2D eigenvalue weighted by molar-refractivity contribution is 0.190. The molecule has 20 heavy (non-hydrogen) atoms. The lowest BCUT2D eigenvalue weighted by Crippen LogP contribution is -2.12. The quantitative estimate of drug-likeness (QED) is 0.790. The van der Waals surface area contributed by atoms with Gasteiger partial charge in [-0.2, -0.15) is 0 Å². The van der Waals surface area contributed by atoms with Gasteiger partial charge in [-0.15, -0.1) is 0 Å². The first-order valence-corrected chi connectivity index (χ1v) is 6.73. The minimum atomic E-state index is -0.220. The SMILES string of the molecule is COCCCn1ccnc1NC(C)c1ccc(F)cc1. The number of ether oxygens (including phenoxy) is 1. The summed E-state index contributed by atoms with van der Waals surface area (Å²) in [7, 11) is 1.70. The van der Waals surface area contributed by atoms with E-state index in [2.05, 4.69) is 14.9 Å². The molecule has 5 heteroatoms. The van der Waals surface area contributed by atoms with E-state index in [-0.39, 0.29) is 11.9 Å². The Bertz CT molecular complexity index is 524. The third kappa shape index (κ3) is 3.81. The van der Waals surface area contributed by atoms with E-state index in [1.807, 2.05) is 13.1 Å². The van der Waals surface area contributed by atoms with Crippen molar-refractivity contribution < 1.29 is 9.13 Å². The molecular weight excluding hydrogens is 257 g/mol. The molecule has 0 aliphatic rings. The zero-order chi connectivity index (χ0) is 14.4. The molecule has 1 heterocycles. The number of imidazole rings is 1. The zero-order valence-corrected chi connectivity index (χ0v) is 11.8. The second-order valence-corrected chi connectivity index (χ2v) is 4.71. The van der Waals surface area contributed by atoms with Crippen molar-refractivity contribution in [3.8, 4) is 0 Å². The predicted molar refractivity (Wildman–Crippen MR) is 77.2 cm³/mol. The van der Waals surface area contributed by atoms with Crippen LogP contribution in [0.1, 0.15) is 24.9 Å². The van der Waals surface area contributed by atoms with Crippen LogP contribution in [-0.4, -0.2) is 23.3 Å². The molecule has 0 fully saturated rings. The van der Waals surface area contributed by atoms with E-state index in [0.29, 0.717) is 0 Å². The molecule has 0 aliphatic carbocycles. The summed E-state index contributed by atoms with van der Waals surface area (Å²) in [6.07, 6.45) is 4.65. The molecule has 0 saturated heterocycles. The van der Waals surface area contributed by atoms with Crippen LogP contribution in [0.2, 0.25) is 0 Å². The van der Waals surface area contributed by atoms with E-state index in [1.165, 1.54) is 12.1 Å². The van der Waals surface area contributed by atoms with Gasteiger partial charge in [0.2, 0.25) is 5.95 Å². The normalized spacial score (nSPS) is 12.3. The first-order valence-electron chi connectivity index (χ1n) is 6.73. The van der Waals surface area contributed by atoms with Crippen molar-refractivity contribution in [1.29, 1.82) is 0 Å². The third-order valence-electron chi connectivity index (χ3n) is 3.18. The Morgan fingerprint density at radius 3 is 2.80 bits per heavy atom. The molecule has 2 rings (SSSR count). The Morgan fingerprint density at radius 1 is 1.35 bits per heavy atom. The number of methoxy groups -OCH3 is 1. The van der Waals surface area contributed by atoms with Crippen molar-refractivity contribution in [2.45, 2.75) is 25.9 Å². The Labute approximate surface area is 118 Å². The first-order chi connectivity index (χ1) is 9.70. The van der Waals surface area contributed by atoms with Crippen molar-refractivity contribution in [2.24, 2.45) is 0 Å². The first kappa shape index (κ1) is 14.5. The van der Waals surface area contributed by atoms with E-state index >= 15 is 0 Å². The fraction of sp³-hybridized carbons (Fsp3) is 0.400. The maximum atomic E-state index is 12.9. The number of aromatic nitrogens is 2. The molecule has 1 aromatic heterocycles. The molecule has 1 unspecified atom stereocenters. The van der Waals surface area contributed by atoms with E-state index in [9.17, 15) is 4.39 Å². The Kier molecular flexibility index (Phi) is 5.12. The zero-order valence-electron chi connectivity index (χ0n) is 11.8. The number of rotatable bonds is 7.